The second kappa shape index (κ2) is 6.45. The highest BCUT2D eigenvalue weighted by Crippen LogP contribution is 2.34. The van der Waals surface area contributed by atoms with Crippen molar-refractivity contribution in [1.82, 2.24) is 0 Å². The van der Waals surface area contributed by atoms with E-state index in [1.54, 1.807) is 31.4 Å². The van der Waals surface area contributed by atoms with Crippen LogP contribution in [-0.2, 0) is 0 Å². The SMILES string of the molecule is COc1ccc(N=Nc2ccc([N+](=O)[O-])c3ccccc23)cc1C. The molecule has 0 aromatic heterocycles. The zero-order chi connectivity index (χ0) is 17.1. The van der Waals surface area contributed by atoms with Crippen LogP contribution in [-0.4, -0.2) is 12.0 Å². The molecule has 3 aromatic rings. The zero-order valence-corrected chi connectivity index (χ0v) is 13.3. The predicted molar refractivity (Wildman–Crippen MR) is 92.5 cm³/mol. The molecule has 0 unspecified atom stereocenters. The molecule has 0 spiro atoms. The monoisotopic (exact) mass is 321 g/mol. The molecular weight excluding hydrogens is 306 g/mol. The second-order valence-electron chi connectivity index (χ2n) is 5.26. The first kappa shape index (κ1) is 15.6. The van der Waals surface area contributed by atoms with Gasteiger partial charge in [-0.05, 0) is 42.8 Å². The summed E-state index contributed by atoms with van der Waals surface area (Å²) in [7, 11) is 1.62. The number of hydrogen-bond donors (Lipinski definition) is 0. The number of hydrogen-bond acceptors (Lipinski definition) is 5. The molecule has 120 valence electrons. The fourth-order valence-corrected chi connectivity index (χ4v) is 2.55. The Bertz CT molecular complexity index is 951. The number of benzene rings is 3. The Kier molecular flexibility index (Phi) is 4.20. The molecule has 0 saturated carbocycles. The van der Waals surface area contributed by atoms with Gasteiger partial charge in [0.05, 0.1) is 28.8 Å². The van der Waals surface area contributed by atoms with Crippen LogP contribution in [0.4, 0.5) is 17.1 Å². The third-order valence-corrected chi connectivity index (χ3v) is 3.73. The molecule has 0 heterocycles. The number of fused-ring (bicyclic) bond motifs is 1. The summed E-state index contributed by atoms with van der Waals surface area (Å²) in [4.78, 5) is 10.8. The number of aryl methyl sites for hydroxylation is 1. The third kappa shape index (κ3) is 2.94. The van der Waals surface area contributed by atoms with E-state index in [4.69, 9.17) is 4.74 Å². The minimum atomic E-state index is -0.393. The fraction of sp³-hybridized carbons (Fsp3) is 0.111. The van der Waals surface area contributed by atoms with Crippen LogP contribution >= 0.6 is 0 Å². The van der Waals surface area contributed by atoms with E-state index in [0.29, 0.717) is 22.1 Å². The lowest BCUT2D eigenvalue weighted by atomic mass is 10.1. The van der Waals surface area contributed by atoms with Gasteiger partial charge in [-0.3, -0.25) is 10.1 Å². The Morgan fingerprint density at radius 2 is 1.75 bits per heavy atom. The molecule has 6 nitrogen and oxygen atoms in total. The number of non-ortho nitro benzene ring substituents is 1. The topological polar surface area (TPSA) is 77.1 Å². The van der Waals surface area contributed by atoms with E-state index in [1.165, 1.54) is 6.07 Å². The predicted octanol–water partition coefficient (Wildman–Crippen LogP) is 5.48. The van der Waals surface area contributed by atoms with Crippen LogP contribution in [0.5, 0.6) is 5.75 Å². The molecule has 0 atom stereocenters. The number of azo groups is 1. The molecular formula is C18H15N3O3. The normalized spacial score (nSPS) is 11.1. The van der Waals surface area contributed by atoms with Crippen molar-refractivity contribution < 1.29 is 9.66 Å². The quantitative estimate of drug-likeness (QED) is 0.362. The van der Waals surface area contributed by atoms with Crippen molar-refractivity contribution in [3.05, 3.63) is 70.3 Å². The van der Waals surface area contributed by atoms with Gasteiger partial charge >= 0.3 is 0 Å². The highest BCUT2D eigenvalue weighted by molar-refractivity contribution is 5.98. The number of ether oxygens (including phenoxy) is 1. The van der Waals surface area contributed by atoms with Gasteiger partial charge in [-0.25, -0.2) is 0 Å². The minimum Gasteiger partial charge on any atom is -0.496 e. The van der Waals surface area contributed by atoms with Crippen LogP contribution in [0.1, 0.15) is 5.56 Å². The standard InChI is InChI=1S/C18H15N3O3/c1-12-11-13(7-10-18(12)24-2)19-20-16-8-9-17(21(22)23)15-6-4-3-5-14(15)16/h3-11H,1-2H3. The van der Waals surface area contributed by atoms with Gasteiger partial charge in [0.15, 0.2) is 0 Å². The zero-order valence-electron chi connectivity index (χ0n) is 13.3. The molecule has 0 bridgehead atoms. The summed E-state index contributed by atoms with van der Waals surface area (Å²) in [5.74, 6) is 0.787. The number of nitro benzene ring substituents is 1. The lowest BCUT2D eigenvalue weighted by Crippen LogP contribution is -1.89. The molecule has 0 N–H and O–H groups in total. The average Bonchev–Trinajstić information content (AvgIpc) is 2.59. The summed E-state index contributed by atoms with van der Waals surface area (Å²) in [5.41, 5.74) is 2.30. The molecule has 0 fully saturated rings. The Balaban J connectivity index is 2.03. The second-order valence-corrected chi connectivity index (χ2v) is 5.26. The minimum absolute atomic E-state index is 0.0600. The van der Waals surface area contributed by atoms with Crippen molar-refractivity contribution in [3.63, 3.8) is 0 Å². The van der Waals surface area contributed by atoms with Gasteiger partial charge in [0.1, 0.15) is 5.75 Å². The lowest BCUT2D eigenvalue weighted by molar-refractivity contribution is -0.383. The van der Waals surface area contributed by atoms with Crippen molar-refractivity contribution in [2.24, 2.45) is 10.2 Å². The molecule has 3 rings (SSSR count). The van der Waals surface area contributed by atoms with Crippen molar-refractivity contribution in [3.8, 4) is 5.75 Å². The van der Waals surface area contributed by atoms with Crippen LogP contribution in [0, 0.1) is 17.0 Å². The first-order valence-corrected chi connectivity index (χ1v) is 7.32. The van der Waals surface area contributed by atoms with Gasteiger partial charge in [-0.1, -0.05) is 18.2 Å². The Labute approximate surface area is 138 Å². The highest BCUT2D eigenvalue weighted by Gasteiger charge is 2.13. The van der Waals surface area contributed by atoms with Gasteiger partial charge in [-0.2, -0.15) is 5.11 Å². The summed E-state index contributed by atoms with van der Waals surface area (Å²) in [6, 6.07) is 15.7. The highest BCUT2D eigenvalue weighted by atomic mass is 16.6. The van der Waals surface area contributed by atoms with Crippen LogP contribution < -0.4 is 4.74 Å². The van der Waals surface area contributed by atoms with E-state index in [-0.39, 0.29) is 5.69 Å². The first-order valence-electron chi connectivity index (χ1n) is 7.32. The molecule has 0 aliphatic heterocycles. The van der Waals surface area contributed by atoms with Crippen LogP contribution in [0.2, 0.25) is 0 Å². The average molecular weight is 321 g/mol. The maximum Gasteiger partial charge on any atom is 0.277 e. The summed E-state index contributed by atoms with van der Waals surface area (Å²) < 4.78 is 5.22. The van der Waals surface area contributed by atoms with Gasteiger partial charge in [0.2, 0.25) is 0 Å². The molecule has 0 radical (unpaired) electrons. The number of rotatable bonds is 4. The van der Waals surface area contributed by atoms with E-state index < -0.39 is 4.92 Å². The maximum absolute atomic E-state index is 11.1. The molecule has 0 saturated heterocycles. The van der Waals surface area contributed by atoms with Crippen LogP contribution in [0.25, 0.3) is 10.8 Å². The van der Waals surface area contributed by atoms with Gasteiger partial charge in [0, 0.05) is 11.5 Å². The van der Waals surface area contributed by atoms with E-state index in [1.807, 2.05) is 31.2 Å². The largest absolute Gasteiger partial charge is 0.496 e. The Morgan fingerprint density at radius 3 is 2.42 bits per heavy atom. The van der Waals surface area contributed by atoms with Crippen LogP contribution in [0.15, 0.2) is 64.8 Å². The van der Waals surface area contributed by atoms with Crippen molar-refractivity contribution in [2.75, 3.05) is 7.11 Å². The van der Waals surface area contributed by atoms with E-state index >= 15 is 0 Å². The van der Waals surface area contributed by atoms with Crippen molar-refractivity contribution in [1.29, 1.82) is 0 Å². The third-order valence-electron chi connectivity index (χ3n) is 3.73. The number of nitro groups is 1. The molecule has 0 aliphatic rings. The fourth-order valence-electron chi connectivity index (χ4n) is 2.55. The van der Waals surface area contributed by atoms with E-state index in [2.05, 4.69) is 10.2 Å². The molecule has 3 aromatic carbocycles. The summed E-state index contributed by atoms with van der Waals surface area (Å²) >= 11 is 0. The Morgan fingerprint density at radius 1 is 1.00 bits per heavy atom. The maximum atomic E-state index is 11.1. The van der Waals surface area contributed by atoms with E-state index in [9.17, 15) is 10.1 Å². The number of methoxy groups -OCH3 is 1. The lowest BCUT2D eigenvalue weighted by Gasteiger charge is -2.04. The van der Waals surface area contributed by atoms with Gasteiger partial charge in [0.25, 0.3) is 5.69 Å². The Hall–Kier alpha value is -3.28. The summed E-state index contributed by atoms with van der Waals surface area (Å²) in [6.45, 7) is 1.93. The molecule has 6 heteroatoms. The number of nitrogens with zero attached hydrogens (tertiary/aromatic N) is 3. The summed E-state index contributed by atoms with van der Waals surface area (Å²) in [5, 5.41) is 20.9. The smallest absolute Gasteiger partial charge is 0.277 e. The van der Waals surface area contributed by atoms with Crippen LogP contribution in [0.3, 0.4) is 0 Å². The molecule has 24 heavy (non-hydrogen) atoms. The van der Waals surface area contributed by atoms with Gasteiger partial charge in [-0.15, -0.1) is 5.11 Å². The van der Waals surface area contributed by atoms with E-state index in [0.717, 1.165) is 11.3 Å². The molecule has 0 amide bonds. The first-order chi connectivity index (χ1) is 11.6. The molecule has 0 aliphatic carbocycles. The van der Waals surface area contributed by atoms with Crippen molar-refractivity contribution >= 4 is 27.8 Å². The summed E-state index contributed by atoms with van der Waals surface area (Å²) in [6.07, 6.45) is 0. The van der Waals surface area contributed by atoms with Gasteiger partial charge < -0.3 is 4.74 Å². The van der Waals surface area contributed by atoms with Crippen molar-refractivity contribution in [2.45, 2.75) is 6.92 Å².